The second kappa shape index (κ2) is 4.99. The Kier molecular flexibility index (Phi) is 3.30. The quantitative estimate of drug-likeness (QED) is 0.519. The van der Waals surface area contributed by atoms with E-state index in [4.69, 9.17) is 9.47 Å². The average molecular weight is 350 g/mol. The molecule has 25 heavy (non-hydrogen) atoms. The Balaban J connectivity index is 1.45. The largest absolute Gasteiger partial charge is 0.462 e. The van der Waals surface area contributed by atoms with Gasteiger partial charge < -0.3 is 9.47 Å². The van der Waals surface area contributed by atoms with Crippen molar-refractivity contribution >= 4 is 5.97 Å². The molecule has 4 aliphatic carbocycles. The van der Waals surface area contributed by atoms with Crippen LogP contribution in [0.4, 0.5) is 4.39 Å². The van der Waals surface area contributed by atoms with E-state index >= 15 is 0 Å². The molecule has 1 saturated heterocycles. The number of carbonyl (C=O) groups excluding carboxylic acids is 1. The van der Waals surface area contributed by atoms with Crippen LogP contribution in [-0.4, -0.2) is 29.9 Å². The van der Waals surface area contributed by atoms with Crippen molar-refractivity contribution in [2.24, 2.45) is 28.6 Å². The standard InChI is InChI=1S/C21H31FO3/c1-12(23)24-17-5-4-15-14-10-18-21(25-18)11-13(22)6-9-20(21,3)16(14)7-8-19(15,17)2/h13-18H,4-11H2,1-3H3/t13-,14-,15-,16-,17-,18-,19-,20+,21-/m0/s1. The van der Waals surface area contributed by atoms with Crippen molar-refractivity contribution in [2.75, 3.05) is 0 Å². The molecule has 4 saturated carbocycles. The van der Waals surface area contributed by atoms with Gasteiger partial charge in [-0.25, -0.2) is 4.39 Å². The van der Waals surface area contributed by atoms with Crippen LogP contribution in [0.3, 0.4) is 0 Å². The third-order valence-electron chi connectivity index (χ3n) is 9.25. The molecule has 1 heterocycles. The van der Waals surface area contributed by atoms with Gasteiger partial charge in [-0.3, -0.25) is 4.79 Å². The summed E-state index contributed by atoms with van der Waals surface area (Å²) in [7, 11) is 0. The van der Waals surface area contributed by atoms with Crippen LogP contribution >= 0.6 is 0 Å². The number of hydrogen-bond acceptors (Lipinski definition) is 3. The molecule has 9 atom stereocenters. The molecule has 5 aliphatic rings. The second-order valence-electron chi connectivity index (χ2n) is 10.1. The van der Waals surface area contributed by atoms with Gasteiger partial charge in [0.1, 0.15) is 17.9 Å². The number of esters is 1. The third kappa shape index (κ3) is 1.98. The number of rotatable bonds is 1. The highest BCUT2D eigenvalue weighted by Gasteiger charge is 2.76. The Hall–Kier alpha value is -0.640. The van der Waals surface area contributed by atoms with Crippen LogP contribution in [0.2, 0.25) is 0 Å². The molecule has 0 radical (unpaired) electrons. The van der Waals surface area contributed by atoms with Crippen LogP contribution in [-0.2, 0) is 14.3 Å². The van der Waals surface area contributed by atoms with Crippen molar-refractivity contribution in [1.82, 2.24) is 0 Å². The van der Waals surface area contributed by atoms with E-state index in [0.29, 0.717) is 30.6 Å². The predicted molar refractivity (Wildman–Crippen MR) is 91.7 cm³/mol. The van der Waals surface area contributed by atoms with E-state index in [0.717, 1.165) is 32.1 Å². The Bertz CT molecular complexity index is 608. The van der Waals surface area contributed by atoms with Crippen molar-refractivity contribution in [3.8, 4) is 0 Å². The Morgan fingerprint density at radius 1 is 1.12 bits per heavy atom. The van der Waals surface area contributed by atoms with Gasteiger partial charge in [0.05, 0.1) is 6.10 Å². The molecule has 0 bridgehead atoms. The van der Waals surface area contributed by atoms with E-state index in [1.807, 2.05) is 0 Å². The Morgan fingerprint density at radius 3 is 2.68 bits per heavy atom. The van der Waals surface area contributed by atoms with E-state index in [-0.39, 0.29) is 34.6 Å². The second-order valence-corrected chi connectivity index (χ2v) is 10.1. The van der Waals surface area contributed by atoms with Crippen molar-refractivity contribution < 1.29 is 18.7 Å². The number of halogens is 1. The van der Waals surface area contributed by atoms with Crippen LogP contribution in [0.15, 0.2) is 0 Å². The first-order valence-electron chi connectivity index (χ1n) is 10.3. The number of ether oxygens (including phenoxy) is 2. The maximum absolute atomic E-state index is 14.1. The summed E-state index contributed by atoms with van der Waals surface area (Å²) in [6, 6.07) is 0. The first-order valence-corrected chi connectivity index (χ1v) is 10.3. The Morgan fingerprint density at radius 2 is 1.92 bits per heavy atom. The zero-order valence-corrected chi connectivity index (χ0v) is 15.7. The van der Waals surface area contributed by atoms with Gasteiger partial charge in [-0.15, -0.1) is 0 Å². The minimum absolute atomic E-state index is 0.0807. The fourth-order valence-electron chi connectivity index (χ4n) is 7.97. The van der Waals surface area contributed by atoms with Gasteiger partial charge in [0.2, 0.25) is 0 Å². The van der Waals surface area contributed by atoms with Gasteiger partial charge in [0.15, 0.2) is 0 Å². The average Bonchev–Trinajstić information content (AvgIpc) is 3.14. The number of fused-ring (bicyclic) bond motifs is 4. The fraction of sp³-hybridized carbons (Fsp3) is 0.952. The molecule has 1 aliphatic heterocycles. The van der Waals surface area contributed by atoms with Crippen molar-refractivity contribution in [1.29, 1.82) is 0 Å². The molecule has 0 unspecified atom stereocenters. The van der Waals surface area contributed by atoms with Gasteiger partial charge in [-0.1, -0.05) is 13.8 Å². The van der Waals surface area contributed by atoms with Crippen molar-refractivity contribution in [2.45, 2.75) is 96.1 Å². The first kappa shape index (κ1) is 16.5. The normalized spacial score (nSPS) is 59.2. The molecule has 3 nitrogen and oxygen atoms in total. The van der Waals surface area contributed by atoms with Gasteiger partial charge in [0, 0.05) is 24.2 Å². The lowest BCUT2D eigenvalue weighted by Crippen LogP contribution is -2.58. The maximum atomic E-state index is 14.1. The lowest BCUT2D eigenvalue weighted by Gasteiger charge is -2.58. The minimum Gasteiger partial charge on any atom is -0.462 e. The molecule has 0 aromatic carbocycles. The van der Waals surface area contributed by atoms with Crippen LogP contribution in [0.1, 0.15) is 72.1 Å². The molecule has 0 N–H and O–H groups in total. The summed E-state index contributed by atoms with van der Waals surface area (Å²) in [5.41, 5.74) is 0.104. The summed E-state index contributed by atoms with van der Waals surface area (Å²) in [5, 5.41) is 0. The van der Waals surface area contributed by atoms with E-state index in [1.165, 1.54) is 13.3 Å². The van der Waals surface area contributed by atoms with Crippen molar-refractivity contribution in [3.05, 3.63) is 0 Å². The van der Waals surface area contributed by atoms with Gasteiger partial charge in [-0.05, 0) is 62.7 Å². The van der Waals surface area contributed by atoms with Crippen LogP contribution < -0.4 is 0 Å². The predicted octanol–water partition coefficient (Wildman–Crippen LogP) is 4.43. The van der Waals surface area contributed by atoms with E-state index in [9.17, 15) is 9.18 Å². The minimum atomic E-state index is -0.677. The van der Waals surface area contributed by atoms with Gasteiger partial charge >= 0.3 is 5.97 Å². The van der Waals surface area contributed by atoms with E-state index in [2.05, 4.69) is 13.8 Å². The maximum Gasteiger partial charge on any atom is 0.302 e. The summed E-state index contributed by atoms with van der Waals surface area (Å²) in [4.78, 5) is 11.5. The zero-order chi connectivity index (χ0) is 17.6. The smallest absolute Gasteiger partial charge is 0.302 e. The highest BCUT2D eigenvalue weighted by Crippen LogP contribution is 2.73. The van der Waals surface area contributed by atoms with Crippen LogP contribution in [0.5, 0.6) is 0 Å². The van der Waals surface area contributed by atoms with Crippen LogP contribution in [0.25, 0.3) is 0 Å². The fourth-order valence-corrected chi connectivity index (χ4v) is 7.97. The molecular weight excluding hydrogens is 319 g/mol. The highest BCUT2D eigenvalue weighted by molar-refractivity contribution is 5.66. The monoisotopic (exact) mass is 350 g/mol. The van der Waals surface area contributed by atoms with Crippen LogP contribution in [0, 0.1) is 28.6 Å². The molecule has 0 aromatic rings. The first-order chi connectivity index (χ1) is 11.8. The molecule has 0 amide bonds. The number of hydrogen-bond donors (Lipinski definition) is 0. The summed E-state index contributed by atoms with van der Waals surface area (Å²) in [5.74, 6) is 1.78. The number of alkyl halides is 1. The summed E-state index contributed by atoms with van der Waals surface area (Å²) in [6.45, 7) is 6.29. The lowest BCUT2D eigenvalue weighted by molar-refractivity contribution is -0.159. The SMILES string of the molecule is CC(=O)O[C@H]1CC[C@H]2[C@@H]3C[C@@H]4O[C@@]45C[C@@H](F)CC[C@]5(C)[C@H]3CC[C@]12C. The molecule has 5 fully saturated rings. The molecular formula is C21H31FO3. The topological polar surface area (TPSA) is 38.8 Å². The molecule has 0 aromatic heterocycles. The van der Waals surface area contributed by atoms with Crippen molar-refractivity contribution in [3.63, 3.8) is 0 Å². The summed E-state index contributed by atoms with van der Waals surface area (Å²) < 4.78 is 26.1. The van der Waals surface area contributed by atoms with E-state index in [1.54, 1.807) is 0 Å². The molecule has 1 spiro atoms. The lowest BCUT2D eigenvalue weighted by atomic mass is 9.45. The molecule has 140 valence electrons. The Labute approximate surface area is 150 Å². The summed E-state index contributed by atoms with van der Waals surface area (Å²) >= 11 is 0. The molecule has 5 rings (SSSR count). The zero-order valence-electron chi connectivity index (χ0n) is 15.7. The van der Waals surface area contributed by atoms with Gasteiger partial charge in [-0.2, -0.15) is 0 Å². The highest BCUT2D eigenvalue weighted by atomic mass is 19.1. The summed E-state index contributed by atoms with van der Waals surface area (Å²) in [6.07, 6.45) is 7.55. The number of epoxide rings is 1. The third-order valence-corrected chi connectivity index (χ3v) is 9.25. The van der Waals surface area contributed by atoms with E-state index < -0.39 is 6.17 Å². The number of carbonyl (C=O) groups is 1. The van der Waals surface area contributed by atoms with Gasteiger partial charge in [0.25, 0.3) is 0 Å². The molecule has 4 heteroatoms.